The van der Waals surface area contributed by atoms with Crippen LogP contribution in [-0.4, -0.2) is 32.1 Å². The van der Waals surface area contributed by atoms with Gasteiger partial charge in [-0.25, -0.2) is 0 Å². The molecule has 2 aliphatic heterocycles. The van der Waals surface area contributed by atoms with Crippen LogP contribution in [-0.2, 0) is 19.1 Å². The summed E-state index contributed by atoms with van der Waals surface area (Å²) in [6, 6.07) is 0. The first-order chi connectivity index (χ1) is 6.74. The molecular weight excluding hydrogens is 184 g/mol. The van der Waals surface area contributed by atoms with Gasteiger partial charge in [0.25, 0.3) is 0 Å². The number of fused-ring (bicyclic) bond motifs is 2. The Hall–Kier alpha value is -0.900. The lowest BCUT2D eigenvalue weighted by Crippen LogP contribution is -2.32. The molecule has 0 N–H and O–H groups in total. The van der Waals surface area contributed by atoms with Gasteiger partial charge in [0.2, 0.25) is 0 Å². The van der Waals surface area contributed by atoms with Crippen molar-refractivity contribution in [2.75, 3.05) is 7.11 Å². The van der Waals surface area contributed by atoms with Gasteiger partial charge in [0.1, 0.15) is 6.79 Å². The van der Waals surface area contributed by atoms with Crippen LogP contribution in [0.15, 0.2) is 0 Å². The highest BCUT2D eigenvalue weighted by molar-refractivity contribution is 5.74. The Morgan fingerprint density at radius 1 is 1.36 bits per heavy atom. The third kappa shape index (κ3) is 1.66. The van der Waals surface area contributed by atoms with E-state index in [1.807, 2.05) is 6.79 Å². The lowest BCUT2D eigenvalue weighted by Gasteiger charge is -2.21. The van der Waals surface area contributed by atoms with E-state index in [0.29, 0.717) is 12.0 Å². The van der Waals surface area contributed by atoms with Crippen molar-refractivity contribution in [3.8, 4) is 0 Å². The standard InChI is InChI=1S/C9H14O3.CH2O/c1-5-6-3-4-7(12-6)8(5)9(10)11-2;1-2/h5-8H,3-4H2,1-2H3;1H2. The van der Waals surface area contributed by atoms with Gasteiger partial charge in [-0.2, -0.15) is 0 Å². The molecule has 2 saturated heterocycles. The van der Waals surface area contributed by atoms with Crippen molar-refractivity contribution in [2.24, 2.45) is 11.8 Å². The summed E-state index contributed by atoms with van der Waals surface area (Å²) in [5.41, 5.74) is 0. The van der Waals surface area contributed by atoms with E-state index in [4.69, 9.17) is 14.3 Å². The fraction of sp³-hybridized carbons (Fsp3) is 0.800. The number of hydrogen-bond acceptors (Lipinski definition) is 4. The molecule has 4 atom stereocenters. The highest BCUT2D eigenvalue weighted by Crippen LogP contribution is 2.43. The van der Waals surface area contributed by atoms with E-state index in [1.54, 1.807) is 0 Å². The minimum atomic E-state index is -0.102. The molecule has 80 valence electrons. The first-order valence-electron chi connectivity index (χ1n) is 4.76. The number of carbonyl (C=O) groups is 2. The summed E-state index contributed by atoms with van der Waals surface area (Å²) in [6.07, 6.45) is 2.57. The molecule has 0 spiro atoms. The second-order valence-electron chi connectivity index (χ2n) is 3.70. The number of ether oxygens (including phenoxy) is 2. The average molecular weight is 200 g/mol. The van der Waals surface area contributed by atoms with Gasteiger partial charge in [0.05, 0.1) is 25.2 Å². The fourth-order valence-corrected chi connectivity index (χ4v) is 2.41. The van der Waals surface area contributed by atoms with Crippen LogP contribution in [0.25, 0.3) is 0 Å². The molecule has 4 nitrogen and oxygen atoms in total. The number of carbonyl (C=O) groups excluding carboxylic acids is 2. The van der Waals surface area contributed by atoms with Crippen molar-refractivity contribution < 1.29 is 19.1 Å². The molecule has 2 rings (SSSR count). The average Bonchev–Trinajstić information content (AvgIpc) is 2.80. The molecular formula is C10H16O4. The predicted octanol–water partition coefficient (Wildman–Crippen LogP) is 0.788. The van der Waals surface area contributed by atoms with Crippen LogP contribution < -0.4 is 0 Å². The first-order valence-corrected chi connectivity index (χ1v) is 4.76. The molecule has 14 heavy (non-hydrogen) atoms. The van der Waals surface area contributed by atoms with E-state index in [-0.39, 0.29) is 18.0 Å². The Balaban J connectivity index is 0.000000461. The van der Waals surface area contributed by atoms with Crippen molar-refractivity contribution in [1.29, 1.82) is 0 Å². The van der Waals surface area contributed by atoms with Gasteiger partial charge in [-0.3, -0.25) is 4.79 Å². The van der Waals surface area contributed by atoms with Gasteiger partial charge >= 0.3 is 5.97 Å². The largest absolute Gasteiger partial charge is 0.469 e. The summed E-state index contributed by atoms with van der Waals surface area (Å²) < 4.78 is 10.4. The third-order valence-electron chi connectivity index (χ3n) is 3.11. The van der Waals surface area contributed by atoms with Gasteiger partial charge in [-0.1, -0.05) is 6.92 Å². The van der Waals surface area contributed by atoms with E-state index >= 15 is 0 Å². The summed E-state index contributed by atoms with van der Waals surface area (Å²) in [4.78, 5) is 19.3. The highest BCUT2D eigenvalue weighted by atomic mass is 16.5. The maximum Gasteiger partial charge on any atom is 0.311 e. The highest BCUT2D eigenvalue weighted by Gasteiger charge is 2.50. The van der Waals surface area contributed by atoms with Crippen LogP contribution in [0, 0.1) is 11.8 Å². The fourth-order valence-electron chi connectivity index (χ4n) is 2.41. The topological polar surface area (TPSA) is 52.6 Å². The van der Waals surface area contributed by atoms with Crippen molar-refractivity contribution in [1.82, 2.24) is 0 Å². The van der Waals surface area contributed by atoms with Crippen LogP contribution in [0.5, 0.6) is 0 Å². The molecule has 0 aromatic rings. The maximum atomic E-state index is 11.3. The van der Waals surface area contributed by atoms with E-state index < -0.39 is 0 Å². The smallest absolute Gasteiger partial charge is 0.311 e. The number of methoxy groups -OCH3 is 1. The lowest BCUT2D eigenvalue weighted by atomic mass is 9.80. The summed E-state index contributed by atoms with van der Waals surface area (Å²) >= 11 is 0. The number of esters is 1. The number of hydrogen-bond donors (Lipinski definition) is 0. The van der Waals surface area contributed by atoms with E-state index in [0.717, 1.165) is 12.8 Å². The van der Waals surface area contributed by atoms with Gasteiger partial charge in [0.15, 0.2) is 0 Å². The van der Waals surface area contributed by atoms with Crippen molar-refractivity contribution in [2.45, 2.75) is 32.0 Å². The molecule has 0 aromatic heterocycles. The molecule has 0 aliphatic carbocycles. The van der Waals surface area contributed by atoms with Crippen LogP contribution in [0.1, 0.15) is 19.8 Å². The summed E-state index contributed by atoms with van der Waals surface area (Å²) in [5.74, 6) is 0.236. The maximum absolute atomic E-state index is 11.3. The van der Waals surface area contributed by atoms with Crippen LogP contribution >= 0.6 is 0 Å². The second kappa shape index (κ2) is 4.55. The van der Waals surface area contributed by atoms with Gasteiger partial charge in [-0.05, 0) is 18.8 Å². The van der Waals surface area contributed by atoms with Crippen molar-refractivity contribution in [3.63, 3.8) is 0 Å². The molecule has 0 aromatic carbocycles. The summed E-state index contributed by atoms with van der Waals surface area (Å²) in [7, 11) is 1.45. The van der Waals surface area contributed by atoms with Crippen LogP contribution in [0.3, 0.4) is 0 Å². The van der Waals surface area contributed by atoms with E-state index in [9.17, 15) is 4.79 Å². The van der Waals surface area contributed by atoms with Gasteiger partial charge in [-0.15, -0.1) is 0 Å². The summed E-state index contributed by atoms with van der Waals surface area (Å²) in [5, 5.41) is 0. The molecule has 2 heterocycles. The second-order valence-corrected chi connectivity index (χ2v) is 3.70. The Bertz CT molecular complexity index is 214. The zero-order valence-corrected chi connectivity index (χ0v) is 8.56. The molecule has 2 bridgehead atoms. The Morgan fingerprint density at radius 2 is 1.93 bits per heavy atom. The number of rotatable bonds is 1. The van der Waals surface area contributed by atoms with Gasteiger partial charge < -0.3 is 14.3 Å². The van der Waals surface area contributed by atoms with Crippen LogP contribution in [0.2, 0.25) is 0 Å². The molecule has 0 amide bonds. The predicted molar refractivity (Wildman–Crippen MR) is 49.7 cm³/mol. The quantitative estimate of drug-likeness (QED) is 0.587. The molecule has 0 saturated carbocycles. The Morgan fingerprint density at radius 3 is 2.36 bits per heavy atom. The molecule has 4 unspecified atom stereocenters. The molecule has 2 aliphatic rings. The molecule has 0 radical (unpaired) electrons. The van der Waals surface area contributed by atoms with Crippen LogP contribution in [0.4, 0.5) is 0 Å². The van der Waals surface area contributed by atoms with E-state index in [2.05, 4.69) is 6.92 Å². The normalized spacial score (nSPS) is 38.7. The minimum Gasteiger partial charge on any atom is -0.469 e. The monoisotopic (exact) mass is 200 g/mol. The third-order valence-corrected chi connectivity index (χ3v) is 3.11. The molecule has 4 heteroatoms. The Labute approximate surface area is 83.6 Å². The lowest BCUT2D eigenvalue weighted by molar-refractivity contribution is -0.148. The van der Waals surface area contributed by atoms with E-state index in [1.165, 1.54) is 7.11 Å². The molecule has 2 fully saturated rings. The SMILES string of the molecule is C=O.COC(=O)C1C2CCC(O2)C1C. The minimum absolute atomic E-state index is 0.00579. The zero-order chi connectivity index (χ0) is 10.7. The zero-order valence-electron chi connectivity index (χ0n) is 8.56. The summed E-state index contributed by atoms with van der Waals surface area (Å²) in [6.45, 7) is 4.07. The van der Waals surface area contributed by atoms with Gasteiger partial charge in [0, 0.05) is 0 Å². The first kappa shape index (κ1) is 11.2. The Kier molecular flexibility index (Phi) is 3.63. The van der Waals surface area contributed by atoms with Crippen molar-refractivity contribution in [3.05, 3.63) is 0 Å². The van der Waals surface area contributed by atoms with Crippen molar-refractivity contribution >= 4 is 12.8 Å².